The van der Waals surface area contributed by atoms with Gasteiger partial charge in [0.2, 0.25) is 0 Å². The molecule has 3 heterocycles. The van der Waals surface area contributed by atoms with E-state index in [2.05, 4.69) is 21.1 Å². The van der Waals surface area contributed by atoms with Crippen molar-refractivity contribution < 1.29 is 0 Å². The molecule has 2 aromatic rings. The first-order valence-corrected chi connectivity index (χ1v) is 6.90. The molecule has 0 radical (unpaired) electrons. The third-order valence-electron chi connectivity index (χ3n) is 3.81. The summed E-state index contributed by atoms with van der Waals surface area (Å²) in [5.74, 6) is 0.893. The van der Waals surface area contributed by atoms with Gasteiger partial charge in [0.15, 0.2) is 0 Å². The van der Waals surface area contributed by atoms with E-state index >= 15 is 0 Å². The molecular weight excluding hydrogens is 250 g/mol. The molecule has 20 heavy (non-hydrogen) atoms. The summed E-state index contributed by atoms with van der Waals surface area (Å²) in [4.78, 5) is 6.71. The second kappa shape index (κ2) is 5.33. The van der Waals surface area contributed by atoms with Gasteiger partial charge >= 0.3 is 0 Å². The number of nitriles is 1. The number of aryl methyl sites for hydroxylation is 1. The molecule has 1 saturated heterocycles. The molecule has 1 atom stereocenters. The molecule has 0 bridgehead atoms. The fourth-order valence-corrected chi connectivity index (χ4v) is 2.68. The normalized spacial score (nSPS) is 18.8. The monoisotopic (exact) mass is 267 g/mol. The average Bonchev–Trinajstić information content (AvgIpc) is 3.02. The Labute approximate surface area is 118 Å². The third kappa shape index (κ3) is 2.37. The summed E-state index contributed by atoms with van der Waals surface area (Å²) < 4.78 is 2.02. The number of nitrogens with zero attached hydrogens (tertiary/aromatic N) is 5. The zero-order valence-electron chi connectivity index (χ0n) is 11.5. The molecule has 1 aliphatic rings. The summed E-state index contributed by atoms with van der Waals surface area (Å²) in [5, 5.41) is 13.4. The number of rotatable bonds is 2. The van der Waals surface area contributed by atoms with Crippen molar-refractivity contribution in [3.63, 3.8) is 0 Å². The second-order valence-electron chi connectivity index (χ2n) is 5.17. The minimum Gasteiger partial charge on any atom is -0.354 e. The Morgan fingerprint density at radius 1 is 1.40 bits per heavy atom. The van der Waals surface area contributed by atoms with Crippen molar-refractivity contribution in [3.8, 4) is 6.07 Å². The predicted molar refractivity (Wildman–Crippen MR) is 76.4 cm³/mol. The van der Waals surface area contributed by atoms with Crippen LogP contribution in [0.2, 0.25) is 0 Å². The molecule has 5 nitrogen and oxygen atoms in total. The van der Waals surface area contributed by atoms with E-state index < -0.39 is 0 Å². The summed E-state index contributed by atoms with van der Waals surface area (Å²) in [7, 11) is 0. The summed E-state index contributed by atoms with van der Waals surface area (Å²) >= 11 is 0. The second-order valence-corrected chi connectivity index (χ2v) is 5.17. The number of hydrogen-bond donors (Lipinski definition) is 0. The van der Waals surface area contributed by atoms with Crippen LogP contribution in [0.15, 0.2) is 30.6 Å². The highest BCUT2D eigenvalue weighted by Gasteiger charge is 2.22. The Balaban J connectivity index is 1.82. The lowest BCUT2D eigenvalue weighted by Crippen LogP contribution is -2.37. The van der Waals surface area contributed by atoms with Crippen molar-refractivity contribution >= 4 is 5.82 Å². The summed E-state index contributed by atoms with van der Waals surface area (Å²) in [5.41, 5.74) is 1.44. The third-order valence-corrected chi connectivity index (χ3v) is 3.81. The van der Waals surface area contributed by atoms with Crippen LogP contribution in [-0.4, -0.2) is 27.9 Å². The molecule has 5 heteroatoms. The molecule has 3 rings (SSSR count). The van der Waals surface area contributed by atoms with E-state index in [0.717, 1.165) is 37.3 Å². The maximum Gasteiger partial charge on any atom is 0.145 e. The van der Waals surface area contributed by atoms with Gasteiger partial charge in [-0.25, -0.2) is 4.98 Å². The highest BCUT2D eigenvalue weighted by Crippen LogP contribution is 2.25. The van der Waals surface area contributed by atoms with E-state index in [9.17, 15) is 0 Å². The van der Waals surface area contributed by atoms with Crippen molar-refractivity contribution in [2.45, 2.75) is 25.8 Å². The Morgan fingerprint density at radius 2 is 2.30 bits per heavy atom. The largest absolute Gasteiger partial charge is 0.354 e. The fraction of sp³-hybridized carbons (Fsp3) is 0.400. The topological polar surface area (TPSA) is 57.7 Å². The van der Waals surface area contributed by atoms with Crippen molar-refractivity contribution in [2.24, 2.45) is 0 Å². The summed E-state index contributed by atoms with van der Waals surface area (Å²) in [6.07, 6.45) is 6.07. The van der Waals surface area contributed by atoms with E-state index in [1.54, 1.807) is 0 Å². The first kappa shape index (κ1) is 12.7. The van der Waals surface area contributed by atoms with E-state index in [-0.39, 0.29) is 0 Å². The molecule has 0 N–H and O–H groups in total. The van der Waals surface area contributed by atoms with Crippen LogP contribution in [0, 0.1) is 18.3 Å². The Hall–Kier alpha value is -2.35. The quantitative estimate of drug-likeness (QED) is 0.837. The standard InChI is InChI=1S/C15H17N5/c1-12-5-6-15(18-14(12)10-16)19-8-2-4-13(11-19)20-9-3-7-17-20/h3,5-7,9,13H,2,4,8,11H2,1H3. The highest BCUT2D eigenvalue weighted by molar-refractivity contribution is 5.45. The van der Waals surface area contributed by atoms with E-state index in [4.69, 9.17) is 5.26 Å². The lowest BCUT2D eigenvalue weighted by atomic mass is 10.1. The number of hydrogen-bond acceptors (Lipinski definition) is 4. The average molecular weight is 267 g/mol. The number of piperidine rings is 1. The first-order valence-electron chi connectivity index (χ1n) is 6.90. The van der Waals surface area contributed by atoms with Crippen LogP contribution in [-0.2, 0) is 0 Å². The van der Waals surface area contributed by atoms with Crippen molar-refractivity contribution in [1.29, 1.82) is 5.26 Å². The molecule has 2 aromatic heterocycles. The zero-order valence-corrected chi connectivity index (χ0v) is 11.5. The number of pyridine rings is 1. The maximum atomic E-state index is 9.10. The molecule has 0 spiro atoms. The van der Waals surface area contributed by atoms with Crippen LogP contribution >= 0.6 is 0 Å². The molecule has 0 amide bonds. The van der Waals surface area contributed by atoms with Gasteiger partial charge in [-0.15, -0.1) is 0 Å². The minimum atomic E-state index is 0.382. The fourth-order valence-electron chi connectivity index (χ4n) is 2.68. The van der Waals surface area contributed by atoms with Crippen LogP contribution in [0.1, 0.15) is 30.1 Å². The van der Waals surface area contributed by atoms with Gasteiger partial charge in [0.1, 0.15) is 17.6 Å². The van der Waals surface area contributed by atoms with Crippen molar-refractivity contribution in [1.82, 2.24) is 14.8 Å². The van der Waals surface area contributed by atoms with E-state index in [1.807, 2.05) is 42.2 Å². The minimum absolute atomic E-state index is 0.382. The van der Waals surface area contributed by atoms with Gasteiger partial charge < -0.3 is 4.90 Å². The van der Waals surface area contributed by atoms with Crippen LogP contribution in [0.4, 0.5) is 5.82 Å². The lowest BCUT2D eigenvalue weighted by Gasteiger charge is -2.33. The number of anilines is 1. The molecule has 0 aliphatic carbocycles. The molecule has 1 fully saturated rings. The summed E-state index contributed by atoms with van der Waals surface area (Å²) in [6.45, 7) is 3.79. The van der Waals surface area contributed by atoms with Gasteiger partial charge in [0, 0.05) is 25.5 Å². The van der Waals surface area contributed by atoms with Crippen LogP contribution in [0.5, 0.6) is 0 Å². The Bertz CT molecular complexity index is 626. The maximum absolute atomic E-state index is 9.10. The molecule has 0 aromatic carbocycles. The van der Waals surface area contributed by atoms with Crippen LogP contribution < -0.4 is 4.90 Å². The predicted octanol–water partition coefficient (Wildman–Crippen LogP) is 2.30. The van der Waals surface area contributed by atoms with Crippen molar-refractivity contribution in [2.75, 3.05) is 18.0 Å². The van der Waals surface area contributed by atoms with Gasteiger partial charge in [-0.05, 0) is 37.5 Å². The molecule has 1 aliphatic heterocycles. The zero-order chi connectivity index (χ0) is 13.9. The van der Waals surface area contributed by atoms with Crippen molar-refractivity contribution in [3.05, 3.63) is 41.9 Å². The van der Waals surface area contributed by atoms with Gasteiger partial charge in [-0.2, -0.15) is 10.4 Å². The van der Waals surface area contributed by atoms with E-state index in [1.165, 1.54) is 0 Å². The van der Waals surface area contributed by atoms with Gasteiger partial charge in [0.05, 0.1) is 6.04 Å². The Morgan fingerprint density at radius 3 is 3.05 bits per heavy atom. The van der Waals surface area contributed by atoms with Crippen LogP contribution in [0.25, 0.3) is 0 Å². The van der Waals surface area contributed by atoms with Gasteiger partial charge in [-0.3, -0.25) is 4.68 Å². The lowest BCUT2D eigenvalue weighted by molar-refractivity contribution is 0.375. The Kier molecular flexibility index (Phi) is 3.38. The van der Waals surface area contributed by atoms with Gasteiger partial charge in [0.25, 0.3) is 0 Å². The molecular formula is C15H17N5. The molecule has 1 unspecified atom stereocenters. The van der Waals surface area contributed by atoms with Crippen LogP contribution in [0.3, 0.4) is 0 Å². The van der Waals surface area contributed by atoms with Gasteiger partial charge in [-0.1, -0.05) is 6.07 Å². The molecule has 102 valence electrons. The SMILES string of the molecule is Cc1ccc(N2CCCC(n3cccn3)C2)nc1C#N. The smallest absolute Gasteiger partial charge is 0.145 e. The number of aromatic nitrogens is 3. The highest BCUT2D eigenvalue weighted by atomic mass is 15.3. The van der Waals surface area contributed by atoms with E-state index in [0.29, 0.717) is 11.7 Å². The summed E-state index contributed by atoms with van der Waals surface area (Å²) in [6, 6.07) is 8.47. The first-order chi connectivity index (χ1) is 9.78. The molecule has 0 saturated carbocycles.